The van der Waals surface area contributed by atoms with Crippen LogP contribution in [0.4, 0.5) is 5.69 Å². The van der Waals surface area contributed by atoms with Gasteiger partial charge in [-0.3, -0.25) is 4.79 Å². The van der Waals surface area contributed by atoms with Gasteiger partial charge in [0.15, 0.2) is 0 Å². The zero-order valence-electron chi connectivity index (χ0n) is 12.2. The Balaban J connectivity index is 1.84. The largest absolute Gasteiger partial charge is 0.325 e. The van der Waals surface area contributed by atoms with Gasteiger partial charge in [-0.25, -0.2) is 0 Å². The number of amides is 1. The van der Waals surface area contributed by atoms with Crippen LogP contribution in [0.3, 0.4) is 0 Å². The molecule has 1 amide bonds. The van der Waals surface area contributed by atoms with Crippen molar-refractivity contribution < 1.29 is 4.79 Å². The van der Waals surface area contributed by atoms with Crippen LogP contribution in [-0.4, -0.2) is 12.5 Å². The molecule has 2 aromatic rings. The monoisotopic (exact) mass is 346 g/mol. The topological polar surface area (TPSA) is 41.1 Å². The fourth-order valence-electron chi connectivity index (χ4n) is 1.99. The van der Waals surface area contributed by atoms with E-state index < -0.39 is 0 Å². The zero-order valence-corrected chi connectivity index (χ0v) is 13.8. The highest BCUT2D eigenvalue weighted by Gasteiger charge is 2.08. The standard InChI is InChI=1S/C17H19BrN2O/c1-12-6-8-14(9-7-12)13(2)19-11-17(21)20-16-5-3-4-15(18)10-16/h3-10,13,19H,11H2,1-2H3,(H,20,21)/t13-/m1/s1. The van der Waals surface area contributed by atoms with Crippen molar-refractivity contribution in [3.63, 3.8) is 0 Å². The van der Waals surface area contributed by atoms with Crippen LogP contribution >= 0.6 is 15.9 Å². The van der Waals surface area contributed by atoms with E-state index in [1.165, 1.54) is 11.1 Å². The minimum atomic E-state index is -0.0490. The van der Waals surface area contributed by atoms with Crippen LogP contribution in [0.5, 0.6) is 0 Å². The molecule has 21 heavy (non-hydrogen) atoms. The van der Waals surface area contributed by atoms with Gasteiger partial charge in [0.2, 0.25) is 5.91 Å². The maximum Gasteiger partial charge on any atom is 0.238 e. The fourth-order valence-corrected chi connectivity index (χ4v) is 2.39. The zero-order chi connectivity index (χ0) is 15.2. The molecule has 0 heterocycles. The van der Waals surface area contributed by atoms with Gasteiger partial charge in [-0.1, -0.05) is 51.8 Å². The minimum Gasteiger partial charge on any atom is -0.325 e. The summed E-state index contributed by atoms with van der Waals surface area (Å²) >= 11 is 3.38. The van der Waals surface area contributed by atoms with E-state index in [0.29, 0.717) is 0 Å². The van der Waals surface area contributed by atoms with Crippen molar-refractivity contribution in [2.45, 2.75) is 19.9 Å². The Labute approximate surface area is 133 Å². The van der Waals surface area contributed by atoms with E-state index in [1.54, 1.807) is 0 Å². The maximum absolute atomic E-state index is 11.9. The van der Waals surface area contributed by atoms with Crippen molar-refractivity contribution >= 4 is 27.5 Å². The summed E-state index contributed by atoms with van der Waals surface area (Å²) in [4.78, 5) is 11.9. The molecule has 0 saturated carbocycles. The third-order valence-electron chi connectivity index (χ3n) is 3.25. The van der Waals surface area contributed by atoms with Gasteiger partial charge < -0.3 is 10.6 Å². The normalized spacial score (nSPS) is 12.0. The number of halogens is 1. The third kappa shape index (κ3) is 4.99. The Hall–Kier alpha value is -1.65. The SMILES string of the molecule is Cc1ccc([C@@H](C)NCC(=O)Nc2cccc(Br)c2)cc1. The first-order valence-electron chi connectivity index (χ1n) is 6.90. The first kappa shape index (κ1) is 15.7. The molecule has 0 aromatic heterocycles. The molecule has 1 atom stereocenters. The molecule has 2 aromatic carbocycles. The van der Waals surface area contributed by atoms with Crippen LogP contribution in [0, 0.1) is 6.92 Å². The number of carbonyl (C=O) groups excluding carboxylic acids is 1. The highest BCUT2D eigenvalue weighted by Crippen LogP contribution is 2.16. The van der Waals surface area contributed by atoms with Crippen LogP contribution in [0.25, 0.3) is 0 Å². The summed E-state index contributed by atoms with van der Waals surface area (Å²) in [6, 6.07) is 16.0. The smallest absolute Gasteiger partial charge is 0.238 e. The quantitative estimate of drug-likeness (QED) is 0.857. The lowest BCUT2D eigenvalue weighted by Gasteiger charge is -2.14. The van der Waals surface area contributed by atoms with Crippen molar-refractivity contribution in [2.75, 3.05) is 11.9 Å². The molecule has 0 unspecified atom stereocenters. The second-order valence-electron chi connectivity index (χ2n) is 5.07. The number of nitrogens with one attached hydrogen (secondary N) is 2. The van der Waals surface area contributed by atoms with Crippen LogP contribution in [0.15, 0.2) is 53.0 Å². The Morgan fingerprint density at radius 3 is 2.57 bits per heavy atom. The maximum atomic E-state index is 11.9. The van der Waals surface area contributed by atoms with Gasteiger partial charge in [-0.05, 0) is 37.6 Å². The average Bonchev–Trinajstić information content (AvgIpc) is 2.45. The number of benzene rings is 2. The molecule has 4 heteroatoms. The van der Waals surface area contributed by atoms with Crippen molar-refractivity contribution in [3.05, 3.63) is 64.1 Å². The van der Waals surface area contributed by atoms with Crippen molar-refractivity contribution in [1.29, 1.82) is 0 Å². The summed E-state index contributed by atoms with van der Waals surface area (Å²) in [5.74, 6) is -0.0490. The van der Waals surface area contributed by atoms with Crippen LogP contribution < -0.4 is 10.6 Å². The molecule has 0 radical (unpaired) electrons. The molecule has 2 rings (SSSR count). The van der Waals surface area contributed by atoms with Crippen LogP contribution in [0.2, 0.25) is 0 Å². The van der Waals surface area contributed by atoms with Gasteiger partial charge in [0.25, 0.3) is 0 Å². The summed E-state index contributed by atoms with van der Waals surface area (Å²) in [7, 11) is 0. The molecule has 0 aliphatic carbocycles. The summed E-state index contributed by atoms with van der Waals surface area (Å²) < 4.78 is 0.946. The van der Waals surface area contributed by atoms with E-state index in [-0.39, 0.29) is 18.5 Å². The summed E-state index contributed by atoms with van der Waals surface area (Å²) in [5, 5.41) is 6.10. The number of aryl methyl sites for hydroxylation is 1. The van der Waals surface area contributed by atoms with Crippen molar-refractivity contribution in [2.24, 2.45) is 0 Å². The first-order chi connectivity index (χ1) is 10.0. The molecule has 0 bridgehead atoms. The van der Waals surface area contributed by atoms with Crippen LogP contribution in [0.1, 0.15) is 24.1 Å². The van der Waals surface area contributed by atoms with Gasteiger partial charge in [0, 0.05) is 16.2 Å². The molecule has 0 spiro atoms. The van der Waals surface area contributed by atoms with E-state index in [0.717, 1.165) is 10.2 Å². The molecule has 0 aliphatic rings. The first-order valence-corrected chi connectivity index (χ1v) is 7.69. The van der Waals surface area contributed by atoms with Gasteiger partial charge in [0.05, 0.1) is 6.54 Å². The third-order valence-corrected chi connectivity index (χ3v) is 3.75. The molecule has 3 nitrogen and oxygen atoms in total. The number of carbonyl (C=O) groups is 1. The molecule has 0 fully saturated rings. The Morgan fingerprint density at radius 2 is 1.90 bits per heavy atom. The van der Waals surface area contributed by atoms with Gasteiger partial charge in [0.1, 0.15) is 0 Å². The van der Waals surface area contributed by atoms with E-state index in [4.69, 9.17) is 0 Å². The molecular weight excluding hydrogens is 328 g/mol. The number of hydrogen-bond donors (Lipinski definition) is 2. The van der Waals surface area contributed by atoms with E-state index in [9.17, 15) is 4.79 Å². The Morgan fingerprint density at radius 1 is 1.19 bits per heavy atom. The second-order valence-corrected chi connectivity index (χ2v) is 5.99. The van der Waals surface area contributed by atoms with Gasteiger partial charge in [-0.2, -0.15) is 0 Å². The fraction of sp³-hybridized carbons (Fsp3) is 0.235. The molecular formula is C17H19BrN2O. The highest BCUT2D eigenvalue weighted by atomic mass is 79.9. The lowest BCUT2D eigenvalue weighted by atomic mass is 10.1. The van der Waals surface area contributed by atoms with Crippen molar-refractivity contribution in [1.82, 2.24) is 5.32 Å². The predicted octanol–water partition coefficient (Wildman–Crippen LogP) is 4.05. The predicted molar refractivity (Wildman–Crippen MR) is 90.4 cm³/mol. The molecule has 2 N–H and O–H groups in total. The average molecular weight is 347 g/mol. The van der Waals surface area contributed by atoms with Gasteiger partial charge >= 0.3 is 0 Å². The summed E-state index contributed by atoms with van der Waals surface area (Å²) in [5.41, 5.74) is 3.20. The number of hydrogen-bond acceptors (Lipinski definition) is 2. The number of rotatable bonds is 5. The summed E-state index contributed by atoms with van der Waals surface area (Å²) in [6.45, 7) is 4.39. The lowest BCUT2D eigenvalue weighted by Crippen LogP contribution is -2.30. The molecule has 0 saturated heterocycles. The molecule has 110 valence electrons. The van der Waals surface area contributed by atoms with Gasteiger partial charge in [-0.15, -0.1) is 0 Å². The van der Waals surface area contributed by atoms with Crippen LogP contribution in [-0.2, 0) is 4.79 Å². The minimum absolute atomic E-state index is 0.0490. The molecule has 0 aliphatic heterocycles. The Kier molecular flexibility index (Phi) is 5.53. The second kappa shape index (κ2) is 7.38. The number of anilines is 1. The Bertz CT molecular complexity index is 610. The van der Waals surface area contributed by atoms with Crippen molar-refractivity contribution in [3.8, 4) is 0 Å². The lowest BCUT2D eigenvalue weighted by molar-refractivity contribution is -0.115. The van der Waals surface area contributed by atoms with E-state index >= 15 is 0 Å². The van der Waals surface area contributed by atoms with E-state index in [2.05, 4.69) is 64.7 Å². The summed E-state index contributed by atoms with van der Waals surface area (Å²) in [6.07, 6.45) is 0. The van der Waals surface area contributed by atoms with E-state index in [1.807, 2.05) is 24.3 Å². The highest BCUT2D eigenvalue weighted by molar-refractivity contribution is 9.10.